The van der Waals surface area contributed by atoms with Crippen LogP contribution < -0.4 is 10.1 Å². The standard InChI is InChI=1S/C20H20FNO4/c21-16-8-10-17(11-9-16)26-18(20(24)25)12-22-19(23)15-6-4-14(5-7-15)13-2-1-3-13/h4-11,13,18H,1-3,12H2,(H,22,23)(H,24,25). The van der Waals surface area contributed by atoms with Crippen molar-refractivity contribution < 1.29 is 23.8 Å². The molecular weight excluding hydrogens is 337 g/mol. The Labute approximate surface area is 150 Å². The highest BCUT2D eigenvalue weighted by atomic mass is 19.1. The number of amides is 1. The molecule has 1 saturated carbocycles. The quantitative estimate of drug-likeness (QED) is 0.797. The van der Waals surface area contributed by atoms with E-state index in [0.29, 0.717) is 11.5 Å². The fourth-order valence-electron chi connectivity index (χ4n) is 2.79. The van der Waals surface area contributed by atoms with Gasteiger partial charge in [0, 0.05) is 5.56 Å². The summed E-state index contributed by atoms with van der Waals surface area (Å²) in [4.78, 5) is 23.6. The predicted octanol–water partition coefficient (Wildman–Crippen LogP) is 3.36. The summed E-state index contributed by atoms with van der Waals surface area (Å²) < 4.78 is 18.2. The molecule has 1 atom stereocenters. The summed E-state index contributed by atoms with van der Waals surface area (Å²) in [5.41, 5.74) is 1.70. The van der Waals surface area contributed by atoms with E-state index in [1.165, 1.54) is 49.1 Å². The topological polar surface area (TPSA) is 75.6 Å². The lowest BCUT2D eigenvalue weighted by Gasteiger charge is -2.25. The summed E-state index contributed by atoms with van der Waals surface area (Å²) >= 11 is 0. The highest BCUT2D eigenvalue weighted by Crippen LogP contribution is 2.36. The van der Waals surface area contributed by atoms with E-state index in [9.17, 15) is 19.1 Å². The maximum Gasteiger partial charge on any atom is 0.346 e. The van der Waals surface area contributed by atoms with E-state index in [0.717, 1.165) is 0 Å². The fraction of sp³-hybridized carbons (Fsp3) is 0.300. The molecule has 2 N–H and O–H groups in total. The highest BCUT2D eigenvalue weighted by Gasteiger charge is 2.22. The highest BCUT2D eigenvalue weighted by molar-refractivity contribution is 5.94. The molecule has 0 heterocycles. The molecule has 0 spiro atoms. The number of nitrogens with one attached hydrogen (secondary N) is 1. The van der Waals surface area contributed by atoms with Crippen molar-refractivity contribution in [2.45, 2.75) is 31.3 Å². The molecule has 6 heteroatoms. The number of hydrogen-bond donors (Lipinski definition) is 2. The van der Waals surface area contributed by atoms with Gasteiger partial charge in [-0.15, -0.1) is 0 Å². The Morgan fingerprint density at radius 2 is 1.77 bits per heavy atom. The van der Waals surface area contributed by atoms with Crippen LogP contribution in [0.2, 0.25) is 0 Å². The van der Waals surface area contributed by atoms with E-state index in [-0.39, 0.29) is 18.2 Å². The normalized spacial score (nSPS) is 15.0. The maximum absolute atomic E-state index is 12.9. The first-order valence-electron chi connectivity index (χ1n) is 8.56. The van der Waals surface area contributed by atoms with Crippen molar-refractivity contribution in [1.82, 2.24) is 5.32 Å². The molecule has 0 saturated heterocycles. The summed E-state index contributed by atoms with van der Waals surface area (Å²) in [6.45, 7) is -0.198. The van der Waals surface area contributed by atoms with Gasteiger partial charge >= 0.3 is 5.97 Å². The average molecular weight is 357 g/mol. The van der Waals surface area contributed by atoms with Crippen LogP contribution in [-0.2, 0) is 4.79 Å². The van der Waals surface area contributed by atoms with E-state index in [4.69, 9.17) is 4.74 Å². The van der Waals surface area contributed by atoms with Gasteiger partial charge in [0.15, 0.2) is 0 Å². The van der Waals surface area contributed by atoms with Crippen molar-refractivity contribution in [2.75, 3.05) is 6.54 Å². The Hall–Kier alpha value is -2.89. The van der Waals surface area contributed by atoms with Crippen molar-refractivity contribution >= 4 is 11.9 Å². The molecule has 3 rings (SSSR count). The molecule has 1 aliphatic rings. The van der Waals surface area contributed by atoms with E-state index >= 15 is 0 Å². The summed E-state index contributed by atoms with van der Waals surface area (Å²) in [5, 5.41) is 11.8. The minimum Gasteiger partial charge on any atom is -0.478 e. The van der Waals surface area contributed by atoms with Crippen molar-refractivity contribution in [3.63, 3.8) is 0 Å². The Bertz CT molecular complexity index is 769. The number of hydrogen-bond acceptors (Lipinski definition) is 3. The van der Waals surface area contributed by atoms with Crippen LogP contribution in [0.3, 0.4) is 0 Å². The molecule has 26 heavy (non-hydrogen) atoms. The van der Waals surface area contributed by atoms with Gasteiger partial charge in [0.05, 0.1) is 6.54 Å². The lowest BCUT2D eigenvalue weighted by molar-refractivity contribution is -0.144. The number of carboxylic acid groups (broad SMARTS) is 1. The van der Waals surface area contributed by atoms with Crippen molar-refractivity contribution in [3.8, 4) is 5.75 Å². The predicted molar refractivity (Wildman–Crippen MR) is 93.8 cm³/mol. The molecule has 2 aromatic rings. The Morgan fingerprint density at radius 1 is 1.12 bits per heavy atom. The van der Waals surface area contributed by atoms with Crippen molar-refractivity contribution in [1.29, 1.82) is 0 Å². The third-order valence-corrected chi connectivity index (χ3v) is 4.56. The van der Waals surface area contributed by atoms with Crippen LogP contribution in [0.1, 0.15) is 41.1 Å². The molecule has 136 valence electrons. The molecule has 0 radical (unpaired) electrons. The SMILES string of the molecule is O=C(NCC(Oc1ccc(F)cc1)C(=O)O)c1ccc(C2CCC2)cc1. The number of aliphatic carboxylic acids is 1. The van der Waals surface area contributed by atoms with E-state index in [1.807, 2.05) is 12.1 Å². The zero-order valence-electron chi connectivity index (χ0n) is 14.2. The Kier molecular flexibility index (Phi) is 5.51. The summed E-state index contributed by atoms with van der Waals surface area (Å²) in [7, 11) is 0. The minimum atomic E-state index is -1.27. The first-order valence-corrected chi connectivity index (χ1v) is 8.56. The van der Waals surface area contributed by atoms with Gasteiger partial charge in [-0.2, -0.15) is 0 Å². The smallest absolute Gasteiger partial charge is 0.346 e. The molecule has 0 bridgehead atoms. The molecule has 0 aromatic heterocycles. The van der Waals surface area contributed by atoms with Crippen molar-refractivity contribution in [2.24, 2.45) is 0 Å². The number of ether oxygens (including phenoxy) is 1. The number of benzene rings is 2. The zero-order chi connectivity index (χ0) is 18.5. The maximum atomic E-state index is 12.9. The zero-order valence-corrected chi connectivity index (χ0v) is 14.2. The number of rotatable bonds is 7. The van der Waals surface area contributed by atoms with Crippen LogP contribution >= 0.6 is 0 Å². The van der Waals surface area contributed by atoms with Crippen LogP contribution in [0.25, 0.3) is 0 Å². The van der Waals surface area contributed by atoms with E-state index < -0.39 is 17.9 Å². The minimum absolute atomic E-state index is 0.198. The number of carboxylic acids is 1. The second kappa shape index (κ2) is 7.99. The lowest BCUT2D eigenvalue weighted by Crippen LogP contribution is -2.40. The molecular formula is C20H20FNO4. The van der Waals surface area contributed by atoms with Gasteiger partial charge in [-0.05, 0) is 60.7 Å². The average Bonchev–Trinajstić information content (AvgIpc) is 2.59. The van der Waals surface area contributed by atoms with Gasteiger partial charge in [0.25, 0.3) is 5.91 Å². The molecule has 1 fully saturated rings. The molecule has 5 nitrogen and oxygen atoms in total. The summed E-state index contributed by atoms with van der Waals surface area (Å²) in [6.07, 6.45) is 2.36. The second-order valence-electron chi connectivity index (χ2n) is 6.36. The Balaban J connectivity index is 1.56. The molecule has 1 amide bonds. The molecule has 1 unspecified atom stereocenters. The number of carbonyl (C=O) groups is 2. The van der Waals surface area contributed by atoms with Gasteiger partial charge < -0.3 is 15.2 Å². The first-order chi connectivity index (χ1) is 12.5. The monoisotopic (exact) mass is 357 g/mol. The van der Waals surface area contributed by atoms with Crippen LogP contribution in [0.15, 0.2) is 48.5 Å². The van der Waals surface area contributed by atoms with Gasteiger partial charge in [-0.25, -0.2) is 9.18 Å². The number of carbonyl (C=O) groups excluding carboxylic acids is 1. The van der Waals surface area contributed by atoms with Crippen LogP contribution in [0.5, 0.6) is 5.75 Å². The summed E-state index contributed by atoms with van der Waals surface area (Å²) in [6, 6.07) is 12.4. The largest absolute Gasteiger partial charge is 0.478 e. The van der Waals surface area contributed by atoms with E-state index in [2.05, 4.69) is 5.32 Å². The summed E-state index contributed by atoms with van der Waals surface area (Å²) in [5.74, 6) is -1.21. The van der Waals surface area contributed by atoms with Gasteiger partial charge in [-0.1, -0.05) is 18.6 Å². The van der Waals surface area contributed by atoms with E-state index in [1.54, 1.807) is 12.1 Å². The molecule has 0 aliphatic heterocycles. The van der Waals surface area contributed by atoms with Crippen molar-refractivity contribution in [3.05, 3.63) is 65.5 Å². The van der Waals surface area contributed by atoms with Gasteiger partial charge in [-0.3, -0.25) is 4.79 Å². The number of halogens is 1. The fourth-order valence-corrected chi connectivity index (χ4v) is 2.79. The van der Waals surface area contributed by atoms with Gasteiger partial charge in [0.2, 0.25) is 6.10 Å². The third kappa shape index (κ3) is 4.39. The molecule has 2 aromatic carbocycles. The van der Waals surface area contributed by atoms with Gasteiger partial charge in [0.1, 0.15) is 11.6 Å². The lowest BCUT2D eigenvalue weighted by atomic mass is 9.80. The van der Waals surface area contributed by atoms with Crippen LogP contribution in [-0.4, -0.2) is 29.6 Å². The third-order valence-electron chi connectivity index (χ3n) is 4.56. The first kappa shape index (κ1) is 17.9. The Morgan fingerprint density at radius 3 is 2.31 bits per heavy atom. The van der Waals surface area contributed by atoms with Crippen LogP contribution in [0, 0.1) is 5.82 Å². The van der Waals surface area contributed by atoms with Crippen LogP contribution in [0.4, 0.5) is 4.39 Å². The second-order valence-corrected chi connectivity index (χ2v) is 6.36. The molecule has 1 aliphatic carbocycles.